The van der Waals surface area contributed by atoms with Crippen LogP contribution in [-0.4, -0.2) is 31.6 Å². The second kappa shape index (κ2) is 9.31. The summed E-state index contributed by atoms with van der Waals surface area (Å²) in [6.07, 6.45) is 0.261. The molecule has 1 atom stereocenters. The predicted molar refractivity (Wildman–Crippen MR) is 82.7 cm³/mol. The van der Waals surface area contributed by atoms with Crippen LogP contribution in [0.3, 0.4) is 0 Å². The number of hydrogen-bond acceptors (Lipinski definition) is 4. The Hall–Kier alpha value is -1.66. The summed E-state index contributed by atoms with van der Waals surface area (Å²) in [6, 6.07) is 8.74. The van der Waals surface area contributed by atoms with Crippen LogP contribution in [-0.2, 0) is 25.7 Å². The molecule has 0 unspecified atom stereocenters. The molecule has 0 fully saturated rings. The molecular formula is C15H18BrNO4. The number of halogens is 1. The van der Waals surface area contributed by atoms with E-state index in [1.165, 1.54) is 7.11 Å². The standard InChI is InChI=1S/C15H18BrNO4/c1-11(16)8-13(15(19)20-2)17-14(18)10-21-9-12-6-4-3-5-7-12/h3-7,13H,1,8-10H2,2H3,(H,17,18)/t13-/m0/s1. The Kier molecular flexibility index (Phi) is 7.71. The molecule has 21 heavy (non-hydrogen) atoms. The first kappa shape index (κ1) is 17.4. The summed E-state index contributed by atoms with van der Waals surface area (Å²) in [5, 5.41) is 2.56. The Morgan fingerprint density at radius 1 is 1.33 bits per heavy atom. The lowest BCUT2D eigenvalue weighted by Gasteiger charge is -2.16. The zero-order chi connectivity index (χ0) is 15.7. The minimum atomic E-state index is -0.769. The van der Waals surface area contributed by atoms with Gasteiger partial charge in [0.1, 0.15) is 12.6 Å². The highest BCUT2D eigenvalue weighted by molar-refractivity contribution is 9.11. The van der Waals surface area contributed by atoms with Gasteiger partial charge in [-0.05, 0) is 10.0 Å². The molecule has 0 aliphatic heterocycles. The number of methoxy groups -OCH3 is 1. The maximum absolute atomic E-state index is 11.8. The lowest BCUT2D eigenvalue weighted by atomic mass is 10.2. The van der Waals surface area contributed by atoms with Gasteiger partial charge < -0.3 is 14.8 Å². The molecule has 0 bridgehead atoms. The number of rotatable bonds is 8. The van der Waals surface area contributed by atoms with Gasteiger partial charge >= 0.3 is 5.97 Å². The van der Waals surface area contributed by atoms with Gasteiger partial charge in [-0.15, -0.1) is 0 Å². The average Bonchev–Trinajstić information content (AvgIpc) is 2.46. The minimum absolute atomic E-state index is 0.128. The molecule has 0 spiro atoms. The van der Waals surface area contributed by atoms with Gasteiger partial charge in [-0.3, -0.25) is 4.79 Å². The third-order valence-electron chi connectivity index (χ3n) is 2.59. The molecule has 0 saturated carbocycles. The van der Waals surface area contributed by atoms with Gasteiger partial charge in [0.15, 0.2) is 0 Å². The number of esters is 1. The molecule has 114 valence electrons. The summed E-state index contributed by atoms with van der Waals surface area (Å²) in [4.78, 5) is 23.3. The normalized spacial score (nSPS) is 11.5. The summed E-state index contributed by atoms with van der Waals surface area (Å²) in [7, 11) is 1.27. The number of carbonyl (C=O) groups is 2. The quantitative estimate of drug-likeness (QED) is 0.725. The van der Waals surface area contributed by atoms with E-state index in [1.807, 2.05) is 30.3 Å². The van der Waals surface area contributed by atoms with Gasteiger partial charge in [0, 0.05) is 6.42 Å². The number of hydrogen-bond donors (Lipinski definition) is 1. The molecule has 0 radical (unpaired) electrons. The second-order valence-corrected chi connectivity index (χ2v) is 5.46. The van der Waals surface area contributed by atoms with Crippen LogP contribution in [0.4, 0.5) is 0 Å². The zero-order valence-corrected chi connectivity index (χ0v) is 13.4. The number of benzene rings is 1. The Labute approximate surface area is 132 Å². The maximum atomic E-state index is 11.8. The fourth-order valence-corrected chi connectivity index (χ4v) is 1.95. The lowest BCUT2D eigenvalue weighted by Crippen LogP contribution is -2.43. The molecule has 1 aromatic carbocycles. The molecule has 0 heterocycles. The molecule has 1 aromatic rings. The summed E-state index contributed by atoms with van der Waals surface area (Å²) < 4.78 is 10.5. The summed E-state index contributed by atoms with van der Waals surface area (Å²) in [5.74, 6) is -0.901. The van der Waals surface area contributed by atoms with Crippen LogP contribution >= 0.6 is 15.9 Å². The first-order valence-corrected chi connectivity index (χ1v) is 7.14. The highest BCUT2D eigenvalue weighted by Crippen LogP contribution is 2.11. The van der Waals surface area contributed by atoms with Crippen LogP contribution in [0.1, 0.15) is 12.0 Å². The van der Waals surface area contributed by atoms with E-state index in [-0.39, 0.29) is 18.9 Å². The topological polar surface area (TPSA) is 64.6 Å². The maximum Gasteiger partial charge on any atom is 0.328 e. The molecular weight excluding hydrogens is 338 g/mol. The van der Waals surface area contributed by atoms with Crippen molar-refractivity contribution in [2.24, 2.45) is 0 Å². The molecule has 0 aliphatic carbocycles. The van der Waals surface area contributed by atoms with Gasteiger partial charge in [-0.1, -0.05) is 52.8 Å². The van der Waals surface area contributed by atoms with Crippen molar-refractivity contribution in [2.75, 3.05) is 13.7 Å². The highest BCUT2D eigenvalue weighted by Gasteiger charge is 2.21. The molecule has 1 N–H and O–H groups in total. The number of amides is 1. The predicted octanol–water partition coefficient (Wildman–Crippen LogP) is 2.16. The monoisotopic (exact) mass is 355 g/mol. The van der Waals surface area contributed by atoms with E-state index in [9.17, 15) is 9.59 Å². The van der Waals surface area contributed by atoms with Crippen molar-refractivity contribution < 1.29 is 19.1 Å². The Balaban J connectivity index is 2.39. The van der Waals surface area contributed by atoms with Crippen molar-refractivity contribution in [1.29, 1.82) is 0 Å². The van der Waals surface area contributed by atoms with Gasteiger partial charge in [0.2, 0.25) is 5.91 Å². The second-order valence-electron chi connectivity index (χ2n) is 4.34. The van der Waals surface area contributed by atoms with Gasteiger partial charge in [0.25, 0.3) is 0 Å². The molecule has 0 aromatic heterocycles. The summed E-state index contributed by atoms with van der Waals surface area (Å²) in [6.45, 7) is 3.85. The van der Waals surface area contributed by atoms with E-state index >= 15 is 0 Å². The third-order valence-corrected chi connectivity index (χ3v) is 2.91. The number of ether oxygens (including phenoxy) is 2. The van der Waals surface area contributed by atoms with Crippen LogP contribution in [0.5, 0.6) is 0 Å². The van der Waals surface area contributed by atoms with Crippen LogP contribution in [0, 0.1) is 0 Å². The largest absolute Gasteiger partial charge is 0.467 e. The number of carbonyl (C=O) groups excluding carboxylic acids is 2. The van der Waals surface area contributed by atoms with E-state index in [2.05, 4.69) is 32.6 Å². The summed E-state index contributed by atoms with van der Waals surface area (Å²) >= 11 is 3.16. The molecule has 0 saturated heterocycles. The van der Waals surface area contributed by atoms with Crippen LogP contribution in [0.2, 0.25) is 0 Å². The first-order chi connectivity index (χ1) is 10.0. The van der Waals surface area contributed by atoms with Crippen LogP contribution in [0.15, 0.2) is 41.4 Å². The lowest BCUT2D eigenvalue weighted by molar-refractivity contribution is -0.145. The zero-order valence-electron chi connectivity index (χ0n) is 11.8. The smallest absolute Gasteiger partial charge is 0.328 e. The van der Waals surface area contributed by atoms with Crippen molar-refractivity contribution in [2.45, 2.75) is 19.1 Å². The Morgan fingerprint density at radius 2 is 2.00 bits per heavy atom. The minimum Gasteiger partial charge on any atom is -0.467 e. The van der Waals surface area contributed by atoms with E-state index in [0.717, 1.165) is 5.56 Å². The van der Waals surface area contributed by atoms with Crippen molar-refractivity contribution in [1.82, 2.24) is 5.32 Å². The van der Waals surface area contributed by atoms with Gasteiger partial charge in [-0.25, -0.2) is 4.79 Å². The molecule has 6 heteroatoms. The first-order valence-electron chi connectivity index (χ1n) is 6.35. The Morgan fingerprint density at radius 3 is 2.57 bits per heavy atom. The molecule has 1 amide bonds. The highest BCUT2D eigenvalue weighted by atomic mass is 79.9. The van der Waals surface area contributed by atoms with Crippen molar-refractivity contribution >= 4 is 27.8 Å². The molecule has 1 rings (SSSR count). The van der Waals surface area contributed by atoms with Crippen molar-refractivity contribution in [3.63, 3.8) is 0 Å². The number of nitrogens with one attached hydrogen (secondary N) is 1. The van der Waals surface area contributed by atoms with Gasteiger partial charge in [-0.2, -0.15) is 0 Å². The molecule has 5 nitrogen and oxygen atoms in total. The SMILES string of the molecule is C=C(Br)C[C@H](NC(=O)COCc1ccccc1)C(=O)OC. The van der Waals surface area contributed by atoms with E-state index in [4.69, 9.17) is 4.74 Å². The average molecular weight is 356 g/mol. The van der Waals surface area contributed by atoms with E-state index in [1.54, 1.807) is 0 Å². The van der Waals surface area contributed by atoms with E-state index < -0.39 is 12.0 Å². The fourth-order valence-electron chi connectivity index (χ4n) is 1.63. The molecule has 0 aliphatic rings. The fraction of sp³-hybridized carbons (Fsp3) is 0.333. The van der Waals surface area contributed by atoms with Crippen LogP contribution < -0.4 is 5.32 Å². The van der Waals surface area contributed by atoms with Crippen molar-refractivity contribution in [3.8, 4) is 0 Å². The van der Waals surface area contributed by atoms with Gasteiger partial charge in [0.05, 0.1) is 13.7 Å². The Bertz CT molecular complexity index is 490. The third kappa shape index (κ3) is 7.06. The summed E-state index contributed by atoms with van der Waals surface area (Å²) in [5.41, 5.74) is 0.976. The van der Waals surface area contributed by atoms with Crippen LogP contribution in [0.25, 0.3) is 0 Å². The van der Waals surface area contributed by atoms with E-state index in [0.29, 0.717) is 11.1 Å². The van der Waals surface area contributed by atoms with Crippen molar-refractivity contribution in [3.05, 3.63) is 47.0 Å².